The molecule has 0 spiro atoms. The minimum Gasteiger partial charge on any atom is -0.349 e. The standard InChI is InChI=1S/C15H14BrN3/c1-19-9-12(11-3-2-4-13(16)15(11)19)14-7-10(8-17)5-6-18-14/h2-7,9H,8,17H2,1H3. The summed E-state index contributed by atoms with van der Waals surface area (Å²) in [5, 5.41) is 1.19. The van der Waals surface area contributed by atoms with Crippen LogP contribution in [0.2, 0.25) is 0 Å². The van der Waals surface area contributed by atoms with Crippen molar-refractivity contribution >= 4 is 26.8 Å². The number of halogens is 1. The summed E-state index contributed by atoms with van der Waals surface area (Å²) in [7, 11) is 2.05. The van der Waals surface area contributed by atoms with Gasteiger partial charge in [0.2, 0.25) is 0 Å². The Morgan fingerprint density at radius 1 is 1.32 bits per heavy atom. The normalized spacial score (nSPS) is 11.1. The van der Waals surface area contributed by atoms with Gasteiger partial charge in [-0.1, -0.05) is 12.1 Å². The van der Waals surface area contributed by atoms with Crippen molar-refractivity contribution in [1.82, 2.24) is 9.55 Å². The highest BCUT2D eigenvalue weighted by Gasteiger charge is 2.11. The Morgan fingerprint density at radius 3 is 2.95 bits per heavy atom. The summed E-state index contributed by atoms with van der Waals surface area (Å²) in [4.78, 5) is 4.47. The first-order valence-corrected chi connectivity index (χ1v) is 6.89. The number of pyridine rings is 1. The molecule has 0 aliphatic heterocycles. The molecule has 3 rings (SSSR count). The van der Waals surface area contributed by atoms with Crippen LogP contribution >= 0.6 is 15.9 Å². The number of fused-ring (bicyclic) bond motifs is 1. The molecule has 96 valence electrons. The lowest BCUT2D eigenvalue weighted by Crippen LogP contribution is -1.96. The summed E-state index contributed by atoms with van der Waals surface area (Å²) in [6, 6.07) is 10.2. The maximum atomic E-state index is 5.70. The summed E-state index contributed by atoms with van der Waals surface area (Å²) < 4.78 is 3.21. The Morgan fingerprint density at radius 2 is 2.16 bits per heavy atom. The van der Waals surface area contributed by atoms with Gasteiger partial charge < -0.3 is 10.3 Å². The molecular formula is C15H14BrN3. The van der Waals surface area contributed by atoms with E-state index in [9.17, 15) is 0 Å². The predicted molar refractivity (Wildman–Crippen MR) is 81.7 cm³/mol. The Bertz CT molecular complexity index is 746. The maximum Gasteiger partial charge on any atom is 0.0726 e. The number of para-hydroxylation sites is 1. The second kappa shape index (κ2) is 4.79. The second-order valence-electron chi connectivity index (χ2n) is 4.54. The Hall–Kier alpha value is -1.65. The van der Waals surface area contributed by atoms with E-state index in [0.29, 0.717) is 6.54 Å². The van der Waals surface area contributed by atoms with Gasteiger partial charge in [0.15, 0.2) is 0 Å². The smallest absolute Gasteiger partial charge is 0.0726 e. The van der Waals surface area contributed by atoms with E-state index in [0.717, 1.165) is 21.3 Å². The van der Waals surface area contributed by atoms with Crippen molar-refractivity contribution in [2.75, 3.05) is 0 Å². The lowest BCUT2D eigenvalue weighted by molar-refractivity contribution is 0.966. The van der Waals surface area contributed by atoms with Gasteiger partial charge in [0, 0.05) is 41.4 Å². The van der Waals surface area contributed by atoms with Crippen molar-refractivity contribution in [3.05, 3.63) is 52.8 Å². The van der Waals surface area contributed by atoms with Crippen LogP contribution < -0.4 is 5.73 Å². The van der Waals surface area contributed by atoms with Crippen LogP contribution in [-0.4, -0.2) is 9.55 Å². The number of aromatic nitrogens is 2. The molecule has 0 atom stereocenters. The van der Waals surface area contributed by atoms with Crippen LogP contribution in [0.3, 0.4) is 0 Å². The van der Waals surface area contributed by atoms with Gasteiger partial charge in [0.1, 0.15) is 0 Å². The number of aryl methyl sites for hydroxylation is 1. The Balaban J connectivity index is 2.28. The van der Waals surface area contributed by atoms with E-state index in [1.165, 1.54) is 10.9 Å². The highest BCUT2D eigenvalue weighted by atomic mass is 79.9. The Labute approximate surface area is 120 Å². The molecule has 0 bridgehead atoms. The van der Waals surface area contributed by atoms with Gasteiger partial charge in [-0.3, -0.25) is 4.98 Å². The number of nitrogens with zero attached hydrogens (tertiary/aromatic N) is 2. The average molecular weight is 316 g/mol. The van der Waals surface area contributed by atoms with E-state index < -0.39 is 0 Å². The fraction of sp³-hybridized carbons (Fsp3) is 0.133. The largest absolute Gasteiger partial charge is 0.349 e. The van der Waals surface area contributed by atoms with E-state index in [1.807, 2.05) is 25.4 Å². The van der Waals surface area contributed by atoms with E-state index in [-0.39, 0.29) is 0 Å². The molecule has 2 heterocycles. The van der Waals surface area contributed by atoms with Crippen LogP contribution in [0.25, 0.3) is 22.2 Å². The lowest BCUT2D eigenvalue weighted by Gasteiger charge is -2.02. The highest BCUT2D eigenvalue weighted by Crippen LogP contribution is 2.33. The maximum absolute atomic E-state index is 5.70. The first kappa shape index (κ1) is 12.4. The van der Waals surface area contributed by atoms with Gasteiger partial charge in [0.25, 0.3) is 0 Å². The number of hydrogen-bond donors (Lipinski definition) is 1. The van der Waals surface area contributed by atoms with Gasteiger partial charge >= 0.3 is 0 Å². The first-order chi connectivity index (χ1) is 9.20. The second-order valence-corrected chi connectivity index (χ2v) is 5.40. The molecule has 3 nitrogen and oxygen atoms in total. The zero-order valence-electron chi connectivity index (χ0n) is 10.6. The van der Waals surface area contributed by atoms with Crippen LogP contribution in [-0.2, 0) is 13.6 Å². The molecule has 2 N–H and O–H groups in total. The van der Waals surface area contributed by atoms with Gasteiger partial charge in [-0.25, -0.2) is 0 Å². The molecule has 2 aromatic heterocycles. The van der Waals surface area contributed by atoms with Crippen LogP contribution in [0.5, 0.6) is 0 Å². The SMILES string of the molecule is Cn1cc(-c2cc(CN)ccn2)c2cccc(Br)c21. The predicted octanol–water partition coefficient (Wildman–Crippen LogP) is 3.46. The van der Waals surface area contributed by atoms with Gasteiger partial charge in [0.05, 0.1) is 11.2 Å². The van der Waals surface area contributed by atoms with Gasteiger partial charge in [-0.15, -0.1) is 0 Å². The van der Waals surface area contributed by atoms with Crippen LogP contribution in [0, 0.1) is 0 Å². The van der Waals surface area contributed by atoms with Crippen molar-refractivity contribution < 1.29 is 0 Å². The molecule has 0 aliphatic rings. The zero-order valence-corrected chi connectivity index (χ0v) is 12.2. The minimum absolute atomic E-state index is 0.532. The van der Waals surface area contributed by atoms with Crippen molar-refractivity contribution in [3.8, 4) is 11.3 Å². The van der Waals surface area contributed by atoms with Gasteiger partial charge in [-0.05, 0) is 39.7 Å². The molecule has 4 heteroatoms. The fourth-order valence-electron chi connectivity index (χ4n) is 2.37. The van der Waals surface area contributed by atoms with Crippen molar-refractivity contribution in [3.63, 3.8) is 0 Å². The van der Waals surface area contributed by atoms with Crippen molar-refractivity contribution in [1.29, 1.82) is 0 Å². The van der Waals surface area contributed by atoms with E-state index in [1.54, 1.807) is 0 Å². The van der Waals surface area contributed by atoms with Crippen LogP contribution in [0.15, 0.2) is 47.2 Å². The van der Waals surface area contributed by atoms with Crippen molar-refractivity contribution in [2.45, 2.75) is 6.54 Å². The molecule has 0 saturated carbocycles. The molecule has 0 amide bonds. The van der Waals surface area contributed by atoms with Crippen LogP contribution in [0.1, 0.15) is 5.56 Å². The molecule has 0 fully saturated rings. The molecular weight excluding hydrogens is 302 g/mol. The fourth-order valence-corrected chi connectivity index (χ4v) is 3.02. The summed E-state index contributed by atoms with van der Waals surface area (Å²) in [6.07, 6.45) is 3.92. The molecule has 3 aromatic rings. The Kier molecular flexibility index (Phi) is 3.12. The van der Waals surface area contributed by atoms with Crippen molar-refractivity contribution in [2.24, 2.45) is 12.8 Å². The number of benzene rings is 1. The number of hydrogen-bond acceptors (Lipinski definition) is 2. The summed E-state index contributed by atoms with van der Waals surface area (Å²) in [5.74, 6) is 0. The third-order valence-corrected chi connectivity index (χ3v) is 3.93. The molecule has 0 saturated heterocycles. The van der Waals surface area contributed by atoms with E-state index >= 15 is 0 Å². The third-order valence-electron chi connectivity index (χ3n) is 3.29. The molecule has 0 aliphatic carbocycles. The summed E-state index contributed by atoms with van der Waals surface area (Å²) in [5.41, 5.74) is 10.1. The molecule has 0 radical (unpaired) electrons. The first-order valence-electron chi connectivity index (χ1n) is 6.09. The molecule has 0 unspecified atom stereocenters. The monoisotopic (exact) mass is 315 g/mol. The minimum atomic E-state index is 0.532. The summed E-state index contributed by atoms with van der Waals surface area (Å²) in [6.45, 7) is 0.532. The number of rotatable bonds is 2. The van der Waals surface area contributed by atoms with Gasteiger partial charge in [-0.2, -0.15) is 0 Å². The molecule has 1 aromatic carbocycles. The van der Waals surface area contributed by atoms with Crippen LogP contribution in [0.4, 0.5) is 0 Å². The van der Waals surface area contributed by atoms with E-state index in [2.05, 4.69) is 49.9 Å². The topological polar surface area (TPSA) is 43.8 Å². The highest BCUT2D eigenvalue weighted by molar-refractivity contribution is 9.10. The lowest BCUT2D eigenvalue weighted by atomic mass is 10.1. The average Bonchev–Trinajstić information content (AvgIpc) is 2.78. The summed E-state index contributed by atoms with van der Waals surface area (Å²) >= 11 is 3.60. The van der Waals surface area contributed by atoms with E-state index in [4.69, 9.17) is 5.73 Å². The third kappa shape index (κ3) is 2.07. The number of nitrogens with two attached hydrogens (primary N) is 1. The molecule has 19 heavy (non-hydrogen) atoms. The zero-order chi connectivity index (χ0) is 13.4. The quantitative estimate of drug-likeness (QED) is 0.787.